The van der Waals surface area contributed by atoms with Gasteiger partial charge in [0.25, 0.3) is 0 Å². The molecule has 2 heterocycles. The maximum Gasteiger partial charge on any atom is 0.242 e. The van der Waals surface area contributed by atoms with Gasteiger partial charge in [0.1, 0.15) is 9.79 Å². The minimum absolute atomic E-state index is 0.0227. The van der Waals surface area contributed by atoms with Gasteiger partial charge in [0, 0.05) is 36.3 Å². The Bertz CT molecular complexity index is 1410. The molecule has 0 radical (unpaired) electrons. The molecule has 0 atom stereocenters. The number of hydrogen-bond acceptors (Lipinski definition) is 6. The van der Waals surface area contributed by atoms with Crippen molar-refractivity contribution < 1.29 is 16.8 Å². The van der Waals surface area contributed by atoms with Crippen LogP contribution in [0.2, 0.25) is 0 Å². The summed E-state index contributed by atoms with van der Waals surface area (Å²) in [5.74, 6) is 0. The highest BCUT2D eigenvalue weighted by Crippen LogP contribution is 2.23. The van der Waals surface area contributed by atoms with Crippen LogP contribution in [-0.2, 0) is 20.0 Å². The van der Waals surface area contributed by atoms with E-state index in [4.69, 9.17) is 0 Å². The second-order valence-electron chi connectivity index (χ2n) is 8.48. The maximum atomic E-state index is 13.0. The fraction of sp³-hybridized carbons (Fsp3) is 0.217. The van der Waals surface area contributed by atoms with Crippen molar-refractivity contribution in [3.05, 3.63) is 73.1 Å². The van der Waals surface area contributed by atoms with E-state index in [1.807, 2.05) is 0 Å². The Morgan fingerprint density at radius 3 is 1.48 bits per heavy atom. The first kappa shape index (κ1) is 23.2. The highest BCUT2D eigenvalue weighted by molar-refractivity contribution is 7.90. The molecular weight excluding hydrogens is 460 g/mol. The topological polar surface area (TPSA) is 118 Å². The molecule has 4 rings (SSSR count). The van der Waals surface area contributed by atoms with Crippen LogP contribution in [0.25, 0.3) is 21.8 Å². The normalized spacial score (nSPS) is 12.9. The molecule has 8 nitrogen and oxygen atoms in total. The van der Waals surface area contributed by atoms with E-state index in [1.54, 1.807) is 74.8 Å². The minimum Gasteiger partial charge on any atom is -0.255 e. The van der Waals surface area contributed by atoms with Crippen LogP contribution >= 0.6 is 0 Å². The summed E-state index contributed by atoms with van der Waals surface area (Å²) in [6.07, 6.45) is 3.09. The Morgan fingerprint density at radius 1 is 0.667 bits per heavy atom. The van der Waals surface area contributed by atoms with Crippen molar-refractivity contribution in [3.8, 4) is 0 Å². The number of pyridine rings is 2. The first-order valence-electron chi connectivity index (χ1n) is 10.3. The third-order valence-corrected chi connectivity index (χ3v) is 8.12. The number of fused-ring (bicyclic) bond motifs is 2. The average Bonchev–Trinajstić information content (AvgIpc) is 2.81. The van der Waals surface area contributed by atoms with Crippen LogP contribution in [0.4, 0.5) is 0 Å². The number of para-hydroxylation sites is 2. The Hall–Kier alpha value is -2.92. The van der Waals surface area contributed by atoms with E-state index in [-0.39, 0.29) is 22.9 Å². The van der Waals surface area contributed by atoms with Crippen molar-refractivity contribution in [3.63, 3.8) is 0 Å². The molecule has 0 saturated carbocycles. The van der Waals surface area contributed by atoms with E-state index < -0.39 is 25.5 Å². The summed E-state index contributed by atoms with van der Waals surface area (Å²) in [7, 11) is -7.71. The number of hydrogen-bond donors (Lipinski definition) is 2. The molecule has 2 aromatic heterocycles. The molecule has 0 aliphatic heterocycles. The van der Waals surface area contributed by atoms with Crippen LogP contribution in [0.5, 0.6) is 0 Å². The molecule has 172 valence electrons. The number of benzene rings is 2. The zero-order valence-electron chi connectivity index (χ0n) is 18.2. The van der Waals surface area contributed by atoms with Crippen LogP contribution in [0.1, 0.15) is 13.8 Å². The monoisotopic (exact) mass is 484 g/mol. The van der Waals surface area contributed by atoms with Gasteiger partial charge in [-0.1, -0.05) is 50.2 Å². The Labute approximate surface area is 193 Å². The van der Waals surface area contributed by atoms with E-state index in [0.29, 0.717) is 11.0 Å². The Morgan fingerprint density at radius 2 is 1.06 bits per heavy atom. The molecule has 0 aliphatic rings. The number of aromatic nitrogens is 2. The van der Waals surface area contributed by atoms with Gasteiger partial charge >= 0.3 is 0 Å². The van der Waals surface area contributed by atoms with Crippen molar-refractivity contribution in [2.24, 2.45) is 5.41 Å². The molecule has 2 N–H and O–H groups in total. The summed E-state index contributed by atoms with van der Waals surface area (Å²) < 4.78 is 57.1. The van der Waals surface area contributed by atoms with Gasteiger partial charge in [-0.25, -0.2) is 26.3 Å². The van der Waals surface area contributed by atoms with Crippen LogP contribution in [0.15, 0.2) is 82.8 Å². The number of sulfonamides is 2. The fourth-order valence-corrected chi connectivity index (χ4v) is 6.22. The predicted molar refractivity (Wildman–Crippen MR) is 128 cm³/mol. The van der Waals surface area contributed by atoms with Gasteiger partial charge in [-0.3, -0.25) is 9.97 Å². The smallest absolute Gasteiger partial charge is 0.242 e. The summed E-state index contributed by atoms with van der Waals surface area (Å²) >= 11 is 0. The zero-order valence-corrected chi connectivity index (χ0v) is 19.8. The second-order valence-corrected chi connectivity index (χ2v) is 11.9. The number of rotatable bonds is 8. The summed E-state index contributed by atoms with van der Waals surface area (Å²) in [6.45, 7) is 3.60. The van der Waals surface area contributed by atoms with E-state index in [0.717, 1.165) is 10.8 Å². The third kappa shape index (κ3) is 5.03. The maximum absolute atomic E-state index is 13.0. The van der Waals surface area contributed by atoms with Crippen LogP contribution in [0, 0.1) is 5.41 Å². The largest absolute Gasteiger partial charge is 0.255 e. The van der Waals surface area contributed by atoms with Crippen LogP contribution < -0.4 is 9.44 Å². The first-order chi connectivity index (χ1) is 15.6. The molecule has 0 saturated heterocycles. The lowest BCUT2D eigenvalue weighted by Crippen LogP contribution is -2.42. The average molecular weight is 485 g/mol. The van der Waals surface area contributed by atoms with Crippen molar-refractivity contribution in [1.82, 2.24) is 19.4 Å². The Balaban J connectivity index is 1.49. The van der Waals surface area contributed by atoms with Gasteiger partial charge in [0.2, 0.25) is 20.0 Å². The fourth-order valence-electron chi connectivity index (χ4n) is 3.38. The van der Waals surface area contributed by atoms with Gasteiger partial charge < -0.3 is 0 Å². The lowest BCUT2D eigenvalue weighted by molar-refractivity contribution is 0.361. The summed E-state index contributed by atoms with van der Waals surface area (Å²) in [5, 5.41) is 1.44. The van der Waals surface area contributed by atoms with E-state index >= 15 is 0 Å². The highest BCUT2D eigenvalue weighted by Gasteiger charge is 2.27. The molecule has 0 bridgehead atoms. The van der Waals surface area contributed by atoms with E-state index in [2.05, 4.69) is 19.4 Å². The van der Waals surface area contributed by atoms with E-state index in [9.17, 15) is 16.8 Å². The second kappa shape index (κ2) is 8.79. The highest BCUT2D eigenvalue weighted by atomic mass is 32.2. The van der Waals surface area contributed by atoms with E-state index in [1.165, 1.54) is 12.1 Å². The Kier molecular flexibility index (Phi) is 6.19. The van der Waals surface area contributed by atoms with Gasteiger partial charge in [-0.15, -0.1) is 0 Å². The molecule has 0 amide bonds. The molecule has 33 heavy (non-hydrogen) atoms. The van der Waals surface area contributed by atoms with Crippen molar-refractivity contribution >= 4 is 41.9 Å². The van der Waals surface area contributed by atoms with Crippen molar-refractivity contribution in [1.29, 1.82) is 0 Å². The molecular formula is C23H24N4O4S2. The van der Waals surface area contributed by atoms with Gasteiger partial charge in [0.05, 0.1) is 11.0 Å². The zero-order chi connectivity index (χ0) is 23.7. The summed E-state index contributed by atoms with van der Waals surface area (Å²) in [5.41, 5.74) is 0.0554. The third-order valence-electron chi connectivity index (χ3n) is 5.25. The van der Waals surface area contributed by atoms with Gasteiger partial charge in [0.15, 0.2) is 0 Å². The SMILES string of the molecule is CC(C)(CNS(=O)(=O)c1cccc2cccnc12)CNS(=O)(=O)c1cccc2cccnc12. The lowest BCUT2D eigenvalue weighted by Gasteiger charge is -2.25. The predicted octanol–water partition coefficient (Wildman–Crippen LogP) is 3.07. The summed E-state index contributed by atoms with van der Waals surface area (Å²) in [4.78, 5) is 8.57. The van der Waals surface area contributed by atoms with Gasteiger partial charge in [-0.05, 0) is 29.7 Å². The van der Waals surface area contributed by atoms with Gasteiger partial charge in [-0.2, -0.15) is 0 Å². The quantitative estimate of drug-likeness (QED) is 0.397. The molecule has 10 heteroatoms. The van der Waals surface area contributed by atoms with Crippen LogP contribution in [-0.4, -0.2) is 39.9 Å². The summed E-state index contributed by atoms with van der Waals surface area (Å²) in [6, 6.07) is 17.0. The first-order valence-corrected chi connectivity index (χ1v) is 13.2. The molecule has 0 spiro atoms. The van der Waals surface area contributed by atoms with Crippen molar-refractivity contribution in [2.45, 2.75) is 23.6 Å². The molecule has 0 aliphatic carbocycles. The van der Waals surface area contributed by atoms with Crippen LogP contribution in [0.3, 0.4) is 0 Å². The van der Waals surface area contributed by atoms with Crippen molar-refractivity contribution in [2.75, 3.05) is 13.1 Å². The number of nitrogens with zero attached hydrogens (tertiary/aromatic N) is 2. The standard InChI is InChI=1S/C23H24N4O4S2/c1-23(2,15-26-32(28,29)19-11-3-7-17-9-5-13-24-21(17)19)16-27-33(30,31)20-12-4-8-18-10-6-14-25-22(18)20/h3-14,26-27H,15-16H2,1-2H3. The minimum atomic E-state index is -3.85. The molecule has 0 unspecified atom stereocenters. The molecule has 0 fully saturated rings. The lowest BCUT2D eigenvalue weighted by atomic mass is 9.95. The number of nitrogens with one attached hydrogen (secondary N) is 2. The molecule has 4 aromatic rings. The molecule has 2 aromatic carbocycles.